The second kappa shape index (κ2) is 8.52. The Labute approximate surface area is 170 Å². The number of esters is 1. The van der Waals surface area contributed by atoms with Crippen LogP contribution in [0.3, 0.4) is 0 Å². The molecule has 2 aromatic rings. The molecule has 0 spiro atoms. The lowest BCUT2D eigenvalue weighted by molar-refractivity contribution is -0.153. The van der Waals surface area contributed by atoms with E-state index < -0.39 is 12.1 Å². The summed E-state index contributed by atoms with van der Waals surface area (Å²) in [5.41, 5.74) is 2.97. The summed E-state index contributed by atoms with van der Waals surface area (Å²) in [7, 11) is 0. The zero-order valence-electron chi connectivity index (χ0n) is 16.5. The molecule has 0 saturated heterocycles. The molecule has 0 bridgehead atoms. The van der Waals surface area contributed by atoms with Gasteiger partial charge in [-0.05, 0) is 31.9 Å². The van der Waals surface area contributed by atoms with Crippen LogP contribution < -0.4 is 10.1 Å². The first kappa shape index (κ1) is 19.2. The Morgan fingerprint density at radius 3 is 2.55 bits per heavy atom. The predicted molar refractivity (Wildman–Crippen MR) is 110 cm³/mol. The fourth-order valence-electron chi connectivity index (χ4n) is 3.78. The van der Waals surface area contributed by atoms with Gasteiger partial charge in [-0.1, -0.05) is 60.9 Å². The number of amides is 1. The zero-order chi connectivity index (χ0) is 20.2. The van der Waals surface area contributed by atoms with Crippen molar-refractivity contribution >= 4 is 18.0 Å². The predicted octanol–water partition coefficient (Wildman–Crippen LogP) is 4.11. The third kappa shape index (κ3) is 4.50. The summed E-state index contributed by atoms with van der Waals surface area (Å²) in [6.45, 7) is 2.10. The Morgan fingerprint density at radius 1 is 1.07 bits per heavy atom. The Bertz CT molecular complexity index is 926. The maximum atomic E-state index is 13.0. The Kier molecular flexibility index (Phi) is 5.65. The number of hydrogen-bond acceptors (Lipinski definition) is 4. The second-order valence-electron chi connectivity index (χ2n) is 7.68. The van der Waals surface area contributed by atoms with Gasteiger partial charge in [0.05, 0.1) is 5.57 Å². The van der Waals surface area contributed by atoms with E-state index >= 15 is 0 Å². The van der Waals surface area contributed by atoms with Crippen LogP contribution in [-0.2, 0) is 14.3 Å². The van der Waals surface area contributed by atoms with Crippen molar-refractivity contribution in [2.45, 2.75) is 44.8 Å². The molecule has 1 aliphatic carbocycles. The van der Waals surface area contributed by atoms with Crippen LogP contribution in [-0.4, -0.2) is 24.5 Å². The lowest BCUT2D eigenvalue weighted by atomic mass is 10.1. The zero-order valence-corrected chi connectivity index (χ0v) is 16.5. The Balaban J connectivity index is 1.54. The van der Waals surface area contributed by atoms with Gasteiger partial charge in [0.2, 0.25) is 6.10 Å². The van der Waals surface area contributed by atoms with Crippen LogP contribution in [0.2, 0.25) is 0 Å². The summed E-state index contributed by atoms with van der Waals surface area (Å²) in [5.74, 6) is -0.0726. The third-order valence-corrected chi connectivity index (χ3v) is 5.44. The van der Waals surface area contributed by atoms with Crippen LogP contribution in [0.25, 0.3) is 6.08 Å². The minimum atomic E-state index is -0.984. The molecule has 4 rings (SSSR count). The van der Waals surface area contributed by atoms with Crippen LogP contribution >= 0.6 is 0 Å². The molecule has 1 saturated carbocycles. The van der Waals surface area contributed by atoms with Crippen LogP contribution in [0.1, 0.15) is 48.5 Å². The molecule has 2 aliphatic rings. The number of hydrogen-bond donors (Lipinski definition) is 1. The van der Waals surface area contributed by atoms with Crippen molar-refractivity contribution in [2.75, 3.05) is 6.61 Å². The molecule has 1 amide bonds. The number of carbonyl (C=O) groups excluding carboxylic acids is 2. The van der Waals surface area contributed by atoms with Gasteiger partial charge < -0.3 is 14.8 Å². The number of carbonyl (C=O) groups is 2. The first-order valence-electron chi connectivity index (χ1n) is 10.1. The molecule has 1 fully saturated rings. The van der Waals surface area contributed by atoms with E-state index in [4.69, 9.17) is 9.47 Å². The molecular weight excluding hydrogens is 366 g/mol. The van der Waals surface area contributed by atoms with Gasteiger partial charge in [-0.2, -0.15) is 0 Å². The largest absolute Gasteiger partial charge is 0.488 e. The smallest absolute Gasteiger partial charge is 0.338 e. The molecule has 5 heteroatoms. The highest BCUT2D eigenvalue weighted by molar-refractivity contribution is 5.97. The van der Waals surface area contributed by atoms with Gasteiger partial charge in [0.25, 0.3) is 5.91 Å². The molecule has 2 aromatic carbocycles. The van der Waals surface area contributed by atoms with E-state index in [1.54, 1.807) is 6.08 Å². The minimum Gasteiger partial charge on any atom is -0.488 e. The summed E-state index contributed by atoms with van der Waals surface area (Å²) in [5, 5.41) is 3.05. The van der Waals surface area contributed by atoms with Crippen molar-refractivity contribution in [1.82, 2.24) is 5.32 Å². The molecule has 29 heavy (non-hydrogen) atoms. The number of aryl methyl sites for hydroxylation is 1. The Morgan fingerprint density at radius 2 is 1.79 bits per heavy atom. The highest BCUT2D eigenvalue weighted by Gasteiger charge is 2.30. The number of nitrogens with one attached hydrogen (secondary N) is 1. The Hall–Kier alpha value is -3.08. The van der Waals surface area contributed by atoms with Gasteiger partial charge in [0.1, 0.15) is 12.4 Å². The van der Waals surface area contributed by atoms with E-state index in [-0.39, 0.29) is 18.6 Å². The maximum Gasteiger partial charge on any atom is 0.338 e. The van der Waals surface area contributed by atoms with Crippen molar-refractivity contribution in [2.24, 2.45) is 0 Å². The molecule has 1 heterocycles. The van der Waals surface area contributed by atoms with E-state index in [0.717, 1.165) is 42.6 Å². The van der Waals surface area contributed by atoms with Crippen LogP contribution in [0.4, 0.5) is 0 Å². The topological polar surface area (TPSA) is 64.6 Å². The van der Waals surface area contributed by atoms with Gasteiger partial charge in [0, 0.05) is 17.2 Å². The van der Waals surface area contributed by atoms with Crippen LogP contribution in [0, 0.1) is 6.92 Å². The third-order valence-electron chi connectivity index (χ3n) is 5.44. The maximum absolute atomic E-state index is 13.0. The fraction of sp³-hybridized carbons (Fsp3) is 0.333. The average molecular weight is 391 g/mol. The van der Waals surface area contributed by atoms with E-state index in [2.05, 4.69) is 5.32 Å². The normalized spacial score (nSPS) is 16.9. The fourth-order valence-corrected chi connectivity index (χ4v) is 3.78. The standard InChI is InChI=1S/C24H25NO4/c1-16-10-12-17(13-11-16)22(23(26)25-20-7-3-4-8-20)29-24(27)19-14-18-6-2-5-9-21(18)28-15-19/h2,5-6,9-14,20,22H,3-4,7-8,15H2,1H3,(H,25,26). The summed E-state index contributed by atoms with van der Waals surface area (Å²) >= 11 is 0. The minimum absolute atomic E-state index is 0.126. The quantitative estimate of drug-likeness (QED) is 0.779. The summed E-state index contributed by atoms with van der Waals surface area (Å²) in [4.78, 5) is 25.8. The number of ether oxygens (including phenoxy) is 2. The molecule has 1 aliphatic heterocycles. The molecular formula is C24H25NO4. The summed E-state index contributed by atoms with van der Waals surface area (Å²) in [6.07, 6.45) is 4.95. The van der Waals surface area contributed by atoms with Gasteiger partial charge in [-0.3, -0.25) is 4.79 Å². The van der Waals surface area contributed by atoms with Crippen molar-refractivity contribution in [3.8, 4) is 5.75 Å². The molecule has 0 radical (unpaired) electrons. The summed E-state index contributed by atoms with van der Waals surface area (Å²) in [6, 6.07) is 15.2. The van der Waals surface area contributed by atoms with Crippen molar-refractivity contribution in [1.29, 1.82) is 0 Å². The van der Waals surface area contributed by atoms with E-state index in [9.17, 15) is 9.59 Å². The second-order valence-corrected chi connectivity index (χ2v) is 7.68. The van der Waals surface area contributed by atoms with E-state index in [1.165, 1.54) is 0 Å². The van der Waals surface area contributed by atoms with Gasteiger partial charge in [-0.25, -0.2) is 4.79 Å². The lowest BCUT2D eigenvalue weighted by Crippen LogP contribution is -2.38. The number of para-hydroxylation sites is 1. The first-order valence-corrected chi connectivity index (χ1v) is 10.1. The number of benzene rings is 2. The molecule has 1 unspecified atom stereocenters. The highest BCUT2D eigenvalue weighted by atomic mass is 16.6. The number of rotatable bonds is 5. The molecule has 150 valence electrons. The molecule has 1 N–H and O–H groups in total. The molecule has 5 nitrogen and oxygen atoms in total. The van der Waals surface area contributed by atoms with Crippen molar-refractivity contribution in [3.63, 3.8) is 0 Å². The van der Waals surface area contributed by atoms with Crippen LogP contribution in [0.15, 0.2) is 54.1 Å². The molecule has 1 atom stereocenters. The number of fused-ring (bicyclic) bond motifs is 1. The molecule has 0 aromatic heterocycles. The van der Waals surface area contributed by atoms with Gasteiger partial charge >= 0.3 is 5.97 Å². The SMILES string of the molecule is Cc1ccc(C(OC(=O)C2=Cc3ccccc3OC2)C(=O)NC2CCCC2)cc1. The van der Waals surface area contributed by atoms with Crippen molar-refractivity contribution in [3.05, 3.63) is 70.8 Å². The van der Waals surface area contributed by atoms with Gasteiger partial charge in [-0.15, -0.1) is 0 Å². The summed E-state index contributed by atoms with van der Waals surface area (Å²) < 4.78 is 11.4. The lowest BCUT2D eigenvalue weighted by Gasteiger charge is -2.22. The van der Waals surface area contributed by atoms with Crippen molar-refractivity contribution < 1.29 is 19.1 Å². The van der Waals surface area contributed by atoms with E-state index in [1.807, 2.05) is 55.5 Å². The van der Waals surface area contributed by atoms with Crippen LogP contribution in [0.5, 0.6) is 5.75 Å². The van der Waals surface area contributed by atoms with E-state index in [0.29, 0.717) is 11.1 Å². The first-order chi connectivity index (χ1) is 14.1. The average Bonchev–Trinajstić information content (AvgIpc) is 3.25. The highest BCUT2D eigenvalue weighted by Crippen LogP contribution is 2.28. The monoisotopic (exact) mass is 391 g/mol. The van der Waals surface area contributed by atoms with Gasteiger partial charge in [0.15, 0.2) is 0 Å².